The van der Waals surface area contributed by atoms with Gasteiger partial charge in [0, 0.05) is 18.4 Å². The van der Waals surface area contributed by atoms with Crippen LogP contribution in [0, 0.1) is 5.82 Å². The number of carbonyl (C=O) groups excluding carboxylic acids is 2. The maximum atomic E-state index is 13.1. The number of hydrogen-bond donors (Lipinski definition) is 2. The van der Waals surface area contributed by atoms with E-state index < -0.39 is 23.2 Å². The van der Waals surface area contributed by atoms with Crippen molar-refractivity contribution >= 4 is 17.7 Å². The summed E-state index contributed by atoms with van der Waals surface area (Å²) in [7, 11) is 1.53. The van der Waals surface area contributed by atoms with Crippen LogP contribution < -0.4 is 10.1 Å². The first kappa shape index (κ1) is 21.1. The lowest BCUT2D eigenvalue weighted by molar-refractivity contribution is -0.147. The molecule has 1 unspecified atom stereocenters. The van der Waals surface area contributed by atoms with E-state index in [4.69, 9.17) is 4.74 Å². The fraction of sp³-hybridized carbons (Fsp3) is 0.286. The molecular formula is C21H22FNO5. The topological polar surface area (TPSA) is 92.7 Å². The second-order valence-corrected chi connectivity index (χ2v) is 6.49. The second kappa shape index (κ2) is 9.12. The fourth-order valence-electron chi connectivity index (χ4n) is 2.70. The highest BCUT2D eigenvalue weighted by Gasteiger charge is 2.36. The van der Waals surface area contributed by atoms with Gasteiger partial charge in [-0.05, 0) is 55.3 Å². The molecule has 6 nitrogen and oxygen atoms in total. The van der Waals surface area contributed by atoms with Gasteiger partial charge in [-0.25, -0.2) is 9.18 Å². The van der Waals surface area contributed by atoms with E-state index in [2.05, 4.69) is 5.32 Å². The van der Waals surface area contributed by atoms with Crippen molar-refractivity contribution in [1.82, 2.24) is 5.32 Å². The monoisotopic (exact) mass is 387 g/mol. The molecule has 0 saturated carbocycles. The lowest BCUT2D eigenvalue weighted by Crippen LogP contribution is -2.49. The molecule has 1 amide bonds. The van der Waals surface area contributed by atoms with Crippen LogP contribution in [0.4, 0.5) is 4.39 Å². The molecule has 2 rings (SSSR count). The average molecular weight is 387 g/mol. The van der Waals surface area contributed by atoms with Gasteiger partial charge in [-0.3, -0.25) is 9.59 Å². The van der Waals surface area contributed by atoms with Crippen molar-refractivity contribution in [2.75, 3.05) is 7.11 Å². The van der Waals surface area contributed by atoms with Gasteiger partial charge in [-0.1, -0.05) is 12.1 Å². The zero-order valence-electron chi connectivity index (χ0n) is 15.7. The molecule has 148 valence electrons. The number of rotatable bonds is 9. The molecule has 0 fully saturated rings. The molecule has 2 aromatic rings. The second-order valence-electron chi connectivity index (χ2n) is 6.49. The molecule has 0 aliphatic heterocycles. The molecule has 2 N–H and O–H groups in total. The Morgan fingerprint density at radius 3 is 2.18 bits per heavy atom. The van der Waals surface area contributed by atoms with Crippen molar-refractivity contribution < 1.29 is 28.6 Å². The van der Waals surface area contributed by atoms with Crippen molar-refractivity contribution in [1.29, 1.82) is 0 Å². The summed E-state index contributed by atoms with van der Waals surface area (Å²) >= 11 is 0. The quantitative estimate of drug-likeness (QED) is 0.644. The molecule has 0 aliphatic rings. The Morgan fingerprint density at radius 2 is 1.64 bits per heavy atom. The predicted octanol–water partition coefficient (Wildman–Crippen LogP) is 3.30. The van der Waals surface area contributed by atoms with E-state index in [9.17, 15) is 23.9 Å². The average Bonchev–Trinajstić information content (AvgIpc) is 2.68. The van der Waals surface area contributed by atoms with Crippen LogP contribution in [0.5, 0.6) is 5.75 Å². The molecule has 1 atom stereocenters. The number of ether oxygens (including phenoxy) is 1. The van der Waals surface area contributed by atoms with E-state index in [1.54, 1.807) is 24.3 Å². The number of aliphatic carboxylic acids is 1. The third-order valence-electron chi connectivity index (χ3n) is 4.46. The maximum Gasteiger partial charge on any atom is 0.333 e. The molecule has 0 spiro atoms. The van der Waals surface area contributed by atoms with Crippen LogP contribution in [-0.2, 0) is 15.1 Å². The standard InChI is InChI=1S/C21H22FNO5/c1-21(20(26)27,15-8-10-16(22)11-9-15)23-19(25)5-3-4-18(24)14-6-12-17(28-2)13-7-14/h6-13H,3-5H2,1-2H3,(H,23,25)(H,26,27). The molecular weight excluding hydrogens is 365 g/mol. The summed E-state index contributed by atoms with van der Waals surface area (Å²) in [4.78, 5) is 36.1. The summed E-state index contributed by atoms with van der Waals surface area (Å²) in [5.41, 5.74) is -0.919. The van der Waals surface area contributed by atoms with Crippen LogP contribution in [0.15, 0.2) is 48.5 Å². The fourth-order valence-corrected chi connectivity index (χ4v) is 2.70. The first-order valence-corrected chi connectivity index (χ1v) is 8.74. The van der Waals surface area contributed by atoms with E-state index in [0.29, 0.717) is 11.3 Å². The van der Waals surface area contributed by atoms with Crippen molar-refractivity contribution in [2.24, 2.45) is 0 Å². The largest absolute Gasteiger partial charge is 0.497 e. The minimum atomic E-state index is -1.69. The number of carboxylic acids is 1. The highest BCUT2D eigenvalue weighted by atomic mass is 19.1. The molecule has 0 saturated heterocycles. The zero-order chi connectivity index (χ0) is 20.7. The summed E-state index contributed by atoms with van der Waals surface area (Å²) in [6.07, 6.45) is 0.419. The van der Waals surface area contributed by atoms with E-state index >= 15 is 0 Å². The van der Waals surface area contributed by atoms with Crippen molar-refractivity contribution in [3.05, 3.63) is 65.5 Å². The number of hydrogen-bond acceptors (Lipinski definition) is 4. The highest BCUT2D eigenvalue weighted by Crippen LogP contribution is 2.22. The third-order valence-corrected chi connectivity index (χ3v) is 4.46. The number of halogens is 1. The van der Waals surface area contributed by atoms with Gasteiger partial charge >= 0.3 is 5.97 Å². The number of benzene rings is 2. The SMILES string of the molecule is COc1ccc(C(=O)CCCC(=O)NC(C)(C(=O)O)c2ccc(F)cc2)cc1. The van der Waals surface area contributed by atoms with Crippen LogP contribution in [-0.4, -0.2) is 29.9 Å². The third kappa shape index (κ3) is 5.16. The maximum absolute atomic E-state index is 13.1. The number of carbonyl (C=O) groups is 3. The number of methoxy groups -OCH3 is 1. The van der Waals surface area contributed by atoms with E-state index in [1.807, 2.05) is 0 Å². The Bertz CT molecular complexity index is 848. The number of amides is 1. The van der Waals surface area contributed by atoms with Crippen LogP contribution in [0.25, 0.3) is 0 Å². The molecule has 0 radical (unpaired) electrons. The van der Waals surface area contributed by atoms with Crippen LogP contribution in [0.3, 0.4) is 0 Å². The molecule has 0 aliphatic carbocycles. The van der Waals surface area contributed by atoms with Crippen LogP contribution in [0.2, 0.25) is 0 Å². The number of nitrogens with one attached hydrogen (secondary N) is 1. The first-order chi connectivity index (χ1) is 13.3. The van der Waals surface area contributed by atoms with Crippen LogP contribution >= 0.6 is 0 Å². The van der Waals surface area contributed by atoms with E-state index in [-0.39, 0.29) is 30.6 Å². The van der Waals surface area contributed by atoms with Gasteiger partial charge in [0.15, 0.2) is 11.3 Å². The van der Waals surface area contributed by atoms with Gasteiger partial charge in [0.25, 0.3) is 0 Å². The smallest absolute Gasteiger partial charge is 0.333 e. The van der Waals surface area contributed by atoms with Gasteiger partial charge in [0.05, 0.1) is 7.11 Å². The Morgan fingerprint density at radius 1 is 1.04 bits per heavy atom. The first-order valence-electron chi connectivity index (χ1n) is 8.74. The van der Waals surface area contributed by atoms with Gasteiger partial charge < -0.3 is 15.2 Å². The minimum Gasteiger partial charge on any atom is -0.497 e. The number of Topliss-reactive ketones (excluding diaryl/α,β-unsaturated/α-hetero) is 1. The molecule has 7 heteroatoms. The molecule has 0 heterocycles. The van der Waals surface area contributed by atoms with Gasteiger partial charge in [-0.2, -0.15) is 0 Å². The van der Waals surface area contributed by atoms with Gasteiger partial charge in [-0.15, -0.1) is 0 Å². The minimum absolute atomic E-state index is 0.00798. The molecule has 2 aromatic carbocycles. The van der Waals surface area contributed by atoms with Gasteiger partial charge in [0.1, 0.15) is 11.6 Å². The molecule has 0 bridgehead atoms. The summed E-state index contributed by atoms with van der Waals surface area (Å²) in [6, 6.07) is 11.6. The number of ketones is 1. The molecule has 28 heavy (non-hydrogen) atoms. The Balaban J connectivity index is 1.93. The lowest BCUT2D eigenvalue weighted by atomic mass is 9.91. The van der Waals surface area contributed by atoms with Crippen molar-refractivity contribution in [3.8, 4) is 5.75 Å². The Kier molecular flexibility index (Phi) is 6.87. The lowest BCUT2D eigenvalue weighted by Gasteiger charge is -2.26. The Hall–Kier alpha value is -3.22. The van der Waals surface area contributed by atoms with Crippen molar-refractivity contribution in [2.45, 2.75) is 31.7 Å². The van der Waals surface area contributed by atoms with Gasteiger partial charge in [0.2, 0.25) is 5.91 Å². The summed E-state index contributed by atoms with van der Waals surface area (Å²) in [5.74, 6) is -1.74. The summed E-state index contributed by atoms with van der Waals surface area (Å²) < 4.78 is 18.1. The van der Waals surface area contributed by atoms with E-state index in [0.717, 1.165) is 12.1 Å². The van der Waals surface area contributed by atoms with Crippen molar-refractivity contribution in [3.63, 3.8) is 0 Å². The Labute approximate surface area is 162 Å². The molecule has 0 aromatic heterocycles. The predicted molar refractivity (Wildman–Crippen MR) is 101 cm³/mol. The summed E-state index contributed by atoms with van der Waals surface area (Å²) in [6.45, 7) is 1.34. The summed E-state index contributed by atoms with van der Waals surface area (Å²) in [5, 5.41) is 12.0. The zero-order valence-corrected chi connectivity index (χ0v) is 15.7. The van der Waals surface area contributed by atoms with E-state index in [1.165, 1.54) is 26.2 Å². The normalized spacial score (nSPS) is 12.7. The number of carboxylic acid groups (broad SMARTS) is 1. The highest BCUT2D eigenvalue weighted by molar-refractivity contribution is 5.96. The van der Waals surface area contributed by atoms with Crippen LogP contribution in [0.1, 0.15) is 42.1 Å².